The first-order valence-electron chi connectivity index (χ1n) is 12.4. The Balaban J connectivity index is 1.68. The minimum Gasteiger partial charge on any atom is -0.507 e. The number of Topliss-reactive ketones (excluding diaryl/α,β-unsaturated/α-hetero) is 1. The molecule has 0 radical (unpaired) electrons. The molecule has 0 bridgehead atoms. The van der Waals surface area contributed by atoms with Crippen molar-refractivity contribution in [1.29, 1.82) is 0 Å². The number of ether oxygens (including phenoxy) is 3. The highest BCUT2D eigenvalue weighted by molar-refractivity contribution is 6.46. The van der Waals surface area contributed by atoms with Crippen molar-refractivity contribution in [2.75, 3.05) is 26.9 Å². The van der Waals surface area contributed by atoms with Gasteiger partial charge in [0.1, 0.15) is 29.7 Å². The maximum Gasteiger partial charge on any atom is 0.295 e. The molecule has 1 unspecified atom stereocenters. The first-order valence-corrected chi connectivity index (χ1v) is 12.4. The average molecular weight is 520 g/mol. The van der Waals surface area contributed by atoms with Crippen molar-refractivity contribution in [3.63, 3.8) is 0 Å². The summed E-state index contributed by atoms with van der Waals surface area (Å²) in [5.41, 5.74) is 1.77. The molecule has 4 rings (SSSR count). The predicted molar refractivity (Wildman–Crippen MR) is 140 cm³/mol. The van der Waals surface area contributed by atoms with Crippen molar-refractivity contribution in [2.24, 2.45) is 0 Å². The number of likely N-dealkylation sites (tertiary alicyclic amines) is 1. The highest BCUT2D eigenvalue weighted by Gasteiger charge is 2.46. The molecule has 1 atom stereocenters. The number of amides is 1. The van der Waals surface area contributed by atoms with E-state index in [4.69, 9.17) is 14.2 Å². The van der Waals surface area contributed by atoms with Crippen LogP contribution in [-0.2, 0) is 20.9 Å². The van der Waals surface area contributed by atoms with E-state index in [0.29, 0.717) is 29.2 Å². The van der Waals surface area contributed by atoms with Gasteiger partial charge in [-0.25, -0.2) is 4.39 Å². The lowest BCUT2D eigenvalue weighted by molar-refractivity contribution is -0.140. The zero-order valence-corrected chi connectivity index (χ0v) is 21.4. The summed E-state index contributed by atoms with van der Waals surface area (Å²) >= 11 is 0. The quantitative estimate of drug-likeness (QED) is 0.211. The second-order valence-electron chi connectivity index (χ2n) is 8.85. The average Bonchev–Trinajstić information content (AvgIpc) is 3.19. The van der Waals surface area contributed by atoms with E-state index in [1.165, 1.54) is 24.1 Å². The van der Waals surface area contributed by atoms with Crippen LogP contribution in [0, 0.1) is 5.82 Å². The topological polar surface area (TPSA) is 85.3 Å². The molecule has 3 aromatic carbocycles. The normalized spacial score (nSPS) is 16.6. The van der Waals surface area contributed by atoms with Crippen molar-refractivity contribution >= 4 is 17.4 Å². The van der Waals surface area contributed by atoms with Crippen LogP contribution in [0.15, 0.2) is 78.4 Å². The van der Waals surface area contributed by atoms with E-state index in [2.05, 4.69) is 0 Å². The largest absolute Gasteiger partial charge is 0.507 e. The fourth-order valence-electron chi connectivity index (χ4n) is 4.25. The number of ketones is 1. The summed E-state index contributed by atoms with van der Waals surface area (Å²) in [4.78, 5) is 27.6. The van der Waals surface area contributed by atoms with E-state index in [-0.39, 0.29) is 36.9 Å². The predicted octanol–water partition coefficient (Wildman–Crippen LogP) is 5.26. The second-order valence-corrected chi connectivity index (χ2v) is 8.85. The van der Waals surface area contributed by atoms with Crippen LogP contribution < -0.4 is 9.47 Å². The number of carbonyl (C=O) groups is 2. The van der Waals surface area contributed by atoms with E-state index in [9.17, 15) is 19.1 Å². The van der Waals surface area contributed by atoms with Crippen molar-refractivity contribution in [3.8, 4) is 11.5 Å². The van der Waals surface area contributed by atoms with Gasteiger partial charge in [-0.3, -0.25) is 9.59 Å². The van der Waals surface area contributed by atoms with Gasteiger partial charge >= 0.3 is 0 Å². The number of halogens is 1. The summed E-state index contributed by atoms with van der Waals surface area (Å²) in [5.74, 6) is -0.938. The van der Waals surface area contributed by atoms with Crippen molar-refractivity contribution < 1.29 is 33.3 Å². The Bertz CT molecular complexity index is 1300. The molecule has 198 valence electrons. The minimum atomic E-state index is -0.837. The molecule has 0 aliphatic carbocycles. The summed E-state index contributed by atoms with van der Waals surface area (Å²) in [6.07, 6.45) is 0.860. The standard InChI is InChI=1S/C30H30FNO6/c1-3-16-37-24-13-9-21(10-14-24)28(33)26-27(32(15-17-36-2)30(35)29(26)34)22-5-4-6-25(18-22)38-19-20-7-11-23(31)12-8-20/h4-14,18,27,33H,3,15-17,19H2,1-2H3/b28-26-. The number of aliphatic hydroxyl groups excluding tert-OH is 1. The van der Waals surface area contributed by atoms with Crippen LogP contribution in [0.2, 0.25) is 0 Å². The van der Waals surface area contributed by atoms with Crippen LogP contribution in [0.25, 0.3) is 5.76 Å². The van der Waals surface area contributed by atoms with E-state index in [1.807, 2.05) is 6.92 Å². The molecular weight excluding hydrogens is 489 g/mol. The molecule has 0 aromatic heterocycles. The maximum atomic E-state index is 13.2. The van der Waals surface area contributed by atoms with Gasteiger partial charge in [0.05, 0.1) is 24.8 Å². The number of hydrogen-bond donors (Lipinski definition) is 1. The van der Waals surface area contributed by atoms with Crippen LogP contribution in [0.5, 0.6) is 11.5 Å². The Morgan fingerprint density at radius 3 is 2.37 bits per heavy atom. The fourth-order valence-corrected chi connectivity index (χ4v) is 4.25. The number of rotatable bonds is 11. The Labute approximate surface area is 221 Å². The lowest BCUT2D eigenvalue weighted by Crippen LogP contribution is -2.32. The van der Waals surface area contributed by atoms with Gasteiger partial charge in [0.15, 0.2) is 0 Å². The van der Waals surface area contributed by atoms with Crippen LogP contribution in [0.1, 0.15) is 36.1 Å². The van der Waals surface area contributed by atoms with Crippen LogP contribution in [0.3, 0.4) is 0 Å². The molecule has 8 heteroatoms. The fraction of sp³-hybridized carbons (Fsp3) is 0.267. The summed E-state index contributed by atoms with van der Waals surface area (Å²) in [5, 5.41) is 11.2. The molecule has 1 aliphatic rings. The molecule has 7 nitrogen and oxygen atoms in total. The van der Waals surface area contributed by atoms with Gasteiger partial charge in [0.25, 0.3) is 11.7 Å². The maximum absolute atomic E-state index is 13.2. The number of benzene rings is 3. The molecule has 0 spiro atoms. The minimum absolute atomic E-state index is 0.0102. The SMILES string of the molecule is CCCOc1ccc(/C(O)=C2/C(=O)C(=O)N(CCOC)C2c2cccc(OCc3ccc(F)cc3)c2)cc1. The summed E-state index contributed by atoms with van der Waals surface area (Å²) in [6.45, 7) is 3.15. The molecule has 1 heterocycles. The third-order valence-electron chi connectivity index (χ3n) is 6.17. The smallest absolute Gasteiger partial charge is 0.295 e. The molecule has 1 aliphatic heterocycles. The highest BCUT2D eigenvalue weighted by Crippen LogP contribution is 2.40. The van der Waals surface area contributed by atoms with Gasteiger partial charge in [0.2, 0.25) is 0 Å². The van der Waals surface area contributed by atoms with E-state index in [1.54, 1.807) is 60.7 Å². The Morgan fingerprint density at radius 1 is 0.947 bits per heavy atom. The second kappa shape index (κ2) is 12.4. The molecule has 38 heavy (non-hydrogen) atoms. The Hall–Kier alpha value is -4.17. The molecule has 1 saturated heterocycles. The van der Waals surface area contributed by atoms with E-state index >= 15 is 0 Å². The lowest BCUT2D eigenvalue weighted by Gasteiger charge is -2.25. The highest BCUT2D eigenvalue weighted by atomic mass is 19.1. The summed E-state index contributed by atoms with van der Waals surface area (Å²) < 4.78 is 29.9. The molecular formula is C30H30FNO6. The van der Waals surface area contributed by atoms with Gasteiger partial charge in [-0.05, 0) is 66.1 Å². The van der Waals surface area contributed by atoms with E-state index in [0.717, 1.165) is 12.0 Å². The zero-order valence-electron chi connectivity index (χ0n) is 21.4. The first-order chi connectivity index (χ1) is 18.4. The first kappa shape index (κ1) is 26.9. The number of hydrogen-bond acceptors (Lipinski definition) is 6. The monoisotopic (exact) mass is 519 g/mol. The lowest BCUT2D eigenvalue weighted by atomic mass is 9.95. The van der Waals surface area contributed by atoms with Crippen LogP contribution >= 0.6 is 0 Å². The van der Waals surface area contributed by atoms with Crippen molar-refractivity contribution in [3.05, 3.63) is 101 Å². The van der Waals surface area contributed by atoms with Crippen LogP contribution in [-0.4, -0.2) is 48.6 Å². The molecule has 1 fully saturated rings. The molecule has 1 N–H and O–H groups in total. The van der Waals surface area contributed by atoms with Gasteiger partial charge in [0, 0.05) is 19.2 Å². The van der Waals surface area contributed by atoms with Gasteiger partial charge in [-0.1, -0.05) is 31.2 Å². The number of nitrogens with zero attached hydrogens (tertiary/aromatic N) is 1. The number of methoxy groups -OCH3 is 1. The summed E-state index contributed by atoms with van der Waals surface area (Å²) in [7, 11) is 1.51. The number of carbonyl (C=O) groups excluding carboxylic acids is 2. The van der Waals surface area contributed by atoms with Crippen molar-refractivity contribution in [2.45, 2.75) is 26.0 Å². The van der Waals surface area contributed by atoms with Gasteiger partial charge in [-0.2, -0.15) is 0 Å². The van der Waals surface area contributed by atoms with Gasteiger partial charge in [-0.15, -0.1) is 0 Å². The van der Waals surface area contributed by atoms with E-state index < -0.39 is 17.7 Å². The number of aliphatic hydroxyl groups is 1. The third kappa shape index (κ3) is 6.03. The third-order valence-corrected chi connectivity index (χ3v) is 6.17. The molecule has 1 amide bonds. The van der Waals surface area contributed by atoms with Gasteiger partial charge < -0.3 is 24.2 Å². The summed E-state index contributed by atoms with van der Waals surface area (Å²) in [6, 6.07) is 18.9. The molecule has 3 aromatic rings. The van der Waals surface area contributed by atoms with Crippen molar-refractivity contribution in [1.82, 2.24) is 4.90 Å². The van der Waals surface area contributed by atoms with Crippen LogP contribution in [0.4, 0.5) is 4.39 Å². The zero-order chi connectivity index (χ0) is 27.1. The Morgan fingerprint density at radius 2 is 1.68 bits per heavy atom. The Kier molecular flexibility index (Phi) is 8.76. The molecule has 0 saturated carbocycles.